The van der Waals surface area contributed by atoms with E-state index >= 15 is 0 Å². The highest BCUT2D eigenvalue weighted by Gasteiger charge is 2.20. The Kier molecular flexibility index (Phi) is 4.43. The lowest BCUT2D eigenvalue weighted by Gasteiger charge is -2.03. The highest BCUT2D eigenvalue weighted by atomic mass is 127. The third-order valence-electron chi connectivity index (χ3n) is 2.49. The number of anilines is 1. The molecule has 2 heterocycles. The average molecular weight is 405 g/mol. The van der Waals surface area contributed by atoms with E-state index in [2.05, 4.69) is 10.4 Å². The summed E-state index contributed by atoms with van der Waals surface area (Å²) in [4.78, 5) is 24.7. The summed E-state index contributed by atoms with van der Waals surface area (Å²) in [6, 6.07) is 1.69. The lowest BCUT2D eigenvalue weighted by atomic mass is 10.3. The van der Waals surface area contributed by atoms with Crippen molar-refractivity contribution in [1.29, 1.82) is 0 Å². The third-order valence-corrected chi connectivity index (χ3v) is 4.24. The molecule has 0 aliphatic carbocycles. The topological polar surface area (TPSA) is 73.2 Å². The number of carbonyl (C=O) groups excluding carboxylic acids is 2. The Bertz CT molecular complexity index is 678. The molecular formula is C12H12IN3O3S. The zero-order valence-electron chi connectivity index (χ0n) is 11.1. The van der Waals surface area contributed by atoms with Crippen LogP contribution in [0, 0.1) is 10.5 Å². The predicted octanol–water partition coefficient (Wildman–Crippen LogP) is 2.43. The normalized spacial score (nSPS) is 10.4. The lowest BCUT2D eigenvalue weighted by Crippen LogP contribution is -2.15. The number of thiophene rings is 1. The Morgan fingerprint density at radius 1 is 1.50 bits per heavy atom. The fourth-order valence-corrected chi connectivity index (χ4v) is 3.30. The first-order valence-electron chi connectivity index (χ1n) is 5.61. The Balaban J connectivity index is 2.28. The van der Waals surface area contributed by atoms with Crippen molar-refractivity contribution in [3.05, 3.63) is 32.0 Å². The summed E-state index contributed by atoms with van der Waals surface area (Å²) < 4.78 is 7.01. The number of nitrogens with zero attached hydrogens (tertiary/aromatic N) is 2. The Hall–Kier alpha value is -1.42. The fourth-order valence-electron chi connectivity index (χ4n) is 1.64. The van der Waals surface area contributed by atoms with Crippen molar-refractivity contribution in [3.8, 4) is 0 Å². The molecule has 2 aromatic heterocycles. The van der Waals surface area contributed by atoms with Crippen LogP contribution in [0.15, 0.2) is 12.3 Å². The van der Waals surface area contributed by atoms with Crippen molar-refractivity contribution >= 4 is 50.8 Å². The molecule has 2 rings (SSSR count). The van der Waals surface area contributed by atoms with Crippen LogP contribution in [0.2, 0.25) is 0 Å². The van der Waals surface area contributed by atoms with Crippen molar-refractivity contribution in [2.75, 3.05) is 12.4 Å². The molecular weight excluding hydrogens is 393 g/mol. The second-order valence-electron chi connectivity index (χ2n) is 4.04. The minimum Gasteiger partial charge on any atom is -0.465 e. The molecule has 0 aliphatic rings. The largest absolute Gasteiger partial charge is 0.465 e. The smallest absolute Gasteiger partial charge is 0.340 e. The van der Waals surface area contributed by atoms with E-state index in [0.717, 1.165) is 8.45 Å². The number of hydrogen-bond donors (Lipinski definition) is 1. The first-order valence-corrected chi connectivity index (χ1v) is 7.51. The molecule has 1 N–H and O–H groups in total. The second-order valence-corrected chi connectivity index (χ2v) is 6.46. The van der Waals surface area contributed by atoms with E-state index in [1.54, 1.807) is 24.0 Å². The van der Waals surface area contributed by atoms with Crippen molar-refractivity contribution in [3.63, 3.8) is 0 Å². The van der Waals surface area contributed by atoms with Crippen LogP contribution in [0.1, 0.15) is 25.7 Å². The average Bonchev–Trinajstić information content (AvgIpc) is 2.91. The molecule has 0 spiro atoms. The van der Waals surface area contributed by atoms with Gasteiger partial charge in [-0.2, -0.15) is 5.10 Å². The van der Waals surface area contributed by atoms with Gasteiger partial charge in [0.25, 0.3) is 5.91 Å². The van der Waals surface area contributed by atoms with Gasteiger partial charge in [0.05, 0.1) is 16.2 Å². The maximum absolute atomic E-state index is 12.2. The molecule has 0 unspecified atom stereocenters. The Morgan fingerprint density at radius 3 is 2.75 bits per heavy atom. The molecule has 6 nitrogen and oxygen atoms in total. The number of carbonyl (C=O) groups is 2. The first kappa shape index (κ1) is 15.0. The molecule has 0 atom stereocenters. The van der Waals surface area contributed by atoms with E-state index in [1.165, 1.54) is 18.4 Å². The van der Waals surface area contributed by atoms with E-state index in [1.807, 2.05) is 29.5 Å². The van der Waals surface area contributed by atoms with Crippen LogP contribution in [-0.4, -0.2) is 28.8 Å². The van der Waals surface area contributed by atoms with Gasteiger partial charge in [-0.3, -0.25) is 9.48 Å². The maximum atomic E-state index is 12.2. The van der Waals surface area contributed by atoms with Crippen LogP contribution in [0.5, 0.6) is 0 Å². The van der Waals surface area contributed by atoms with Crippen LogP contribution in [0.25, 0.3) is 0 Å². The van der Waals surface area contributed by atoms with Crippen molar-refractivity contribution in [1.82, 2.24) is 9.78 Å². The molecule has 0 radical (unpaired) electrons. The third kappa shape index (κ3) is 3.01. The van der Waals surface area contributed by atoms with Gasteiger partial charge in [0.15, 0.2) is 5.69 Å². The molecule has 1 amide bonds. The van der Waals surface area contributed by atoms with Crippen molar-refractivity contribution in [2.24, 2.45) is 7.05 Å². The van der Waals surface area contributed by atoms with Crippen LogP contribution < -0.4 is 5.32 Å². The second kappa shape index (κ2) is 5.92. The molecule has 0 bridgehead atoms. The summed E-state index contributed by atoms with van der Waals surface area (Å²) in [5, 5.41) is 7.28. The van der Waals surface area contributed by atoms with Gasteiger partial charge in [0, 0.05) is 18.1 Å². The number of halogens is 1. The Labute approximate surface area is 133 Å². The summed E-state index contributed by atoms with van der Waals surface area (Å²) in [5.41, 5.74) is 0.684. The highest BCUT2D eigenvalue weighted by molar-refractivity contribution is 14.1. The monoisotopic (exact) mass is 405 g/mol. The van der Waals surface area contributed by atoms with E-state index in [4.69, 9.17) is 4.74 Å². The van der Waals surface area contributed by atoms with Gasteiger partial charge in [-0.15, -0.1) is 11.3 Å². The number of aromatic nitrogens is 2. The van der Waals surface area contributed by atoms with E-state index < -0.39 is 5.97 Å². The van der Waals surface area contributed by atoms with Crippen molar-refractivity contribution in [2.45, 2.75) is 6.92 Å². The summed E-state index contributed by atoms with van der Waals surface area (Å²) in [7, 11) is 3.05. The molecule has 0 saturated heterocycles. The van der Waals surface area contributed by atoms with Crippen LogP contribution in [0.3, 0.4) is 0 Å². The zero-order chi connectivity index (χ0) is 14.9. The maximum Gasteiger partial charge on any atom is 0.340 e. The number of hydrogen-bond acceptors (Lipinski definition) is 5. The number of amides is 1. The lowest BCUT2D eigenvalue weighted by molar-refractivity contribution is 0.0602. The number of rotatable bonds is 3. The number of esters is 1. The van der Waals surface area contributed by atoms with Gasteiger partial charge < -0.3 is 10.1 Å². The first-order chi connectivity index (χ1) is 9.42. The molecule has 20 heavy (non-hydrogen) atoms. The number of aryl methyl sites for hydroxylation is 2. The summed E-state index contributed by atoms with van der Waals surface area (Å²) >= 11 is 3.37. The van der Waals surface area contributed by atoms with Gasteiger partial charge in [-0.1, -0.05) is 0 Å². The van der Waals surface area contributed by atoms with Crippen LogP contribution >= 0.6 is 33.9 Å². The number of methoxy groups -OCH3 is 1. The molecule has 0 aromatic carbocycles. The van der Waals surface area contributed by atoms with E-state index in [9.17, 15) is 9.59 Å². The minimum absolute atomic E-state index is 0.329. The number of ether oxygens (including phenoxy) is 1. The van der Waals surface area contributed by atoms with Gasteiger partial charge in [0.2, 0.25) is 0 Å². The molecule has 0 fully saturated rings. The molecule has 2 aromatic rings. The number of nitrogens with one attached hydrogen (secondary N) is 1. The van der Waals surface area contributed by atoms with Gasteiger partial charge in [-0.25, -0.2) is 4.79 Å². The standard InChI is InChI=1S/C12H12IN3O3S/c1-6-4-7(12(18)19-3)11(20-6)14-10(17)9-8(13)5-16(2)15-9/h4-5H,1-3H3,(H,14,17). The van der Waals surface area contributed by atoms with Gasteiger partial charge >= 0.3 is 5.97 Å². The fraction of sp³-hybridized carbons (Fsp3) is 0.250. The van der Waals surface area contributed by atoms with Crippen molar-refractivity contribution < 1.29 is 14.3 Å². The van der Waals surface area contributed by atoms with E-state index in [-0.39, 0.29) is 5.91 Å². The van der Waals surface area contributed by atoms with Gasteiger partial charge in [0.1, 0.15) is 5.00 Å². The summed E-state index contributed by atoms with van der Waals surface area (Å²) in [6.45, 7) is 1.86. The van der Waals surface area contributed by atoms with Crippen LogP contribution in [0.4, 0.5) is 5.00 Å². The highest BCUT2D eigenvalue weighted by Crippen LogP contribution is 2.28. The minimum atomic E-state index is -0.472. The predicted molar refractivity (Wildman–Crippen MR) is 84.3 cm³/mol. The quantitative estimate of drug-likeness (QED) is 0.629. The van der Waals surface area contributed by atoms with Crippen LogP contribution in [-0.2, 0) is 11.8 Å². The SMILES string of the molecule is COC(=O)c1cc(C)sc1NC(=O)c1nn(C)cc1I. The summed E-state index contributed by atoms with van der Waals surface area (Å²) in [5.74, 6) is -0.817. The molecule has 0 saturated carbocycles. The molecule has 8 heteroatoms. The zero-order valence-corrected chi connectivity index (χ0v) is 14.0. The molecule has 106 valence electrons. The van der Waals surface area contributed by atoms with Gasteiger partial charge in [-0.05, 0) is 35.6 Å². The van der Waals surface area contributed by atoms with E-state index in [0.29, 0.717) is 16.3 Å². The molecule has 0 aliphatic heterocycles. The summed E-state index contributed by atoms with van der Waals surface area (Å²) in [6.07, 6.45) is 1.75. The Morgan fingerprint density at radius 2 is 2.20 bits per heavy atom.